The lowest BCUT2D eigenvalue weighted by atomic mass is 10.2. The molecule has 2 rings (SSSR count). The van der Waals surface area contributed by atoms with Gasteiger partial charge < -0.3 is 5.32 Å². The van der Waals surface area contributed by atoms with Gasteiger partial charge >= 0.3 is 0 Å². The molecule has 0 aromatic heterocycles. The minimum absolute atomic E-state index is 0.0947. The van der Waals surface area contributed by atoms with Gasteiger partial charge in [-0.25, -0.2) is 13.1 Å². The minimum Gasteiger partial charge on any atom is -0.313 e. The highest BCUT2D eigenvalue weighted by Gasteiger charge is 2.23. The average Bonchev–Trinajstić information content (AvgIpc) is 3.21. The second-order valence-corrected chi connectivity index (χ2v) is 7.83. The van der Waals surface area contributed by atoms with E-state index >= 15 is 0 Å². The zero-order valence-electron chi connectivity index (χ0n) is 12.0. The van der Waals surface area contributed by atoms with Crippen molar-refractivity contribution in [2.45, 2.75) is 37.6 Å². The molecule has 0 spiro atoms. The number of nitrogens with one attached hydrogen (secondary N) is 2. The van der Waals surface area contributed by atoms with Gasteiger partial charge in [0.05, 0.1) is 5.02 Å². The van der Waals surface area contributed by atoms with Gasteiger partial charge in [-0.2, -0.15) is 0 Å². The highest BCUT2D eigenvalue weighted by molar-refractivity contribution is 7.89. The minimum atomic E-state index is -3.59. The summed E-state index contributed by atoms with van der Waals surface area (Å²) in [5.74, 6) is 0.678. The van der Waals surface area contributed by atoms with Crippen molar-refractivity contribution in [2.24, 2.45) is 5.92 Å². The maximum atomic E-state index is 12.3. The number of rotatable bonds is 8. The topological polar surface area (TPSA) is 58.2 Å². The van der Waals surface area contributed by atoms with Crippen molar-refractivity contribution in [1.29, 1.82) is 0 Å². The van der Waals surface area contributed by atoms with E-state index in [0.29, 0.717) is 24.0 Å². The lowest BCUT2D eigenvalue weighted by Crippen LogP contribution is -2.25. The Balaban J connectivity index is 2.15. The summed E-state index contributed by atoms with van der Waals surface area (Å²) in [6.45, 7) is 3.72. The Morgan fingerprint density at radius 2 is 1.95 bits per heavy atom. The first-order valence-electron chi connectivity index (χ1n) is 7.12. The lowest BCUT2D eigenvalue weighted by Gasteiger charge is -2.12. The summed E-state index contributed by atoms with van der Waals surface area (Å²) in [7, 11) is -3.59. The fourth-order valence-electron chi connectivity index (χ4n) is 2.05. The van der Waals surface area contributed by atoms with Crippen molar-refractivity contribution in [3.8, 4) is 0 Å². The molecule has 0 unspecified atom stereocenters. The molecule has 1 aliphatic rings. The Bertz CT molecular complexity index is 601. The van der Waals surface area contributed by atoms with Crippen LogP contribution >= 0.6 is 23.2 Å². The van der Waals surface area contributed by atoms with Crippen LogP contribution in [0.25, 0.3) is 0 Å². The third-order valence-corrected chi connectivity index (χ3v) is 5.78. The number of hydrogen-bond donors (Lipinski definition) is 2. The molecule has 7 heteroatoms. The Labute approximate surface area is 136 Å². The molecule has 0 atom stereocenters. The molecule has 1 saturated carbocycles. The van der Waals surface area contributed by atoms with E-state index in [9.17, 15) is 8.42 Å². The van der Waals surface area contributed by atoms with E-state index in [1.165, 1.54) is 18.9 Å². The zero-order valence-corrected chi connectivity index (χ0v) is 14.3. The maximum absolute atomic E-state index is 12.3. The first-order chi connectivity index (χ1) is 9.94. The van der Waals surface area contributed by atoms with Gasteiger partial charge in [0, 0.05) is 18.1 Å². The number of hydrogen-bond acceptors (Lipinski definition) is 3. The van der Waals surface area contributed by atoms with Crippen molar-refractivity contribution in [3.63, 3.8) is 0 Å². The van der Waals surface area contributed by atoms with Crippen LogP contribution < -0.4 is 10.0 Å². The summed E-state index contributed by atoms with van der Waals surface area (Å²) in [5.41, 5.74) is 0.727. The summed E-state index contributed by atoms with van der Waals surface area (Å²) in [5, 5.41) is 3.75. The largest absolute Gasteiger partial charge is 0.313 e. The molecule has 1 aromatic rings. The summed E-state index contributed by atoms with van der Waals surface area (Å²) >= 11 is 12.2. The summed E-state index contributed by atoms with van der Waals surface area (Å²) in [4.78, 5) is 0.0947. The van der Waals surface area contributed by atoms with E-state index in [1.807, 2.05) is 6.92 Å². The van der Waals surface area contributed by atoms with Gasteiger partial charge in [0.15, 0.2) is 0 Å². The molecule has 1 aliphatic carbocycles. The second-order valence-electron chi connectivity index (χ2n) is 5.28. The van der Waals surface area contributed by atoms with Gasteiger partial charge in [0.25, 0.3) is 0 Å². The van der Waals surface area contributed by atoms with Crippen molar-refractivity contribution in [2.75, 3.05) is 13.1 Å². The normalized spacial score (nSPS) is 15.4. The van der Waals surface area contributed by atoms with E-state index in [0.717, 1.165) is 18.5 Å². The third kappa shape index (κ3) is 4.83. The predicted molar refractivity (Wildman–Crippen MR) is 86.4 cm³/mol. The van der Waals surface area contributed by atoms with Crippen LogP contribution in [-0.4, -0.2) is 21.5 Å². The second kappa shape index (κ2) is 7.29. The van der Waals surface area contributed by atoms with Gasteiger partial charge in [0.1, 0.15) is 4.90 Å². The molecule has 1 aromatic carbocycles. The van der Waals surface area contributed by atoms with Crippen LogP contribution in [0.15, 0.2) is 17.0 Å². The fourth-order valence-corrected chi connectivity index (χ4v) is 3.96. The molecule has 0 radical (unpaired) electrons. The Morgan fingerprint density at radius 3 is 2.57 bits per heavy atom. The summed E-state index contributed by atoms with van der Waals surface area (Å²) in [6.07, 6.45) is 3.29. The van der Waals surface area contributed by atoms with E-state index in [4.69, 9.17) is 23.2 Å². The van der Waals surface area contributed by atoms with Gasteiger partial charge in [0.2, 0.25) is 10.0 Å². The van der Waals surface area contributed by atoms with Crippen molar-refractivity contribution in [3.05, 3.63) is 27.7 Å². The van der Waals surface area contributed by atoms with Crippen molar-refractivity contribution in [1.82, 2.24) is 10.0 Å². The molecule has 118 valence electrons. The van der Waals surface area contributed by atoms with E-state index < -0.39 is 10.0 Å². The van der Waals surface area contributed by atoms with Gasteiger partial charge in [-0.15, -0.1) is 0 Å². The quantitative estimate of drug-likeness (QED) is 0.756. The summed E-state index contributed by atoms with van der Waals surface area (Å²) in [6, 6.07) is 3.04. The first-order valence-corrected chi connectivity index (χ1v) is 9.36. The smallest absolute Gasteiger partial charge is 0.242 e. The maximum Gasteiger partial charge on any atom is 0.242 e. The van der Waals surface area contributed by atoms with Crippen LogP contribution in [0.4, 0.5) is 0 Å². The Hall–Kier alpha value is -0.330. The molecule has 0 aliphatic heterocycles. The van der Waals surface area contributed by atoms with Crippen LogP contribution in [0.3, 0.4) is 0 Å². The molecule has 1 fully saturated rings. The molecule has 0 amide bonds. The standard InChI is InChI=1S/C14H20Cl2N2O2S/c1-2-17-9-11-7-14(13(16)8-12(11)15)21(19,20)18-6-5-10-3-4-10/h7-8,10,17-18H,2-6,9H2,1H3. The Kier molecular flexibility index (Phi) is 5.91. The predicted octanol–water partition coefficient (Wildman–Crippen LogP) is 3.18. The van der Waals surface area contributed by atoms with Gasteiger partial charge in [-0.3, -0.25) is 0 Å². The summed E-state index contributed by atoms with van der Waals surface area (Å²) < 4.78 is 27.3. The fraction of sp³-hybridized carbons (Fsp3) is 0.571. The highest BCUT2D eigenvalue weighted by atomic mass is 35.5. The molecule has 4 nitrogen and oxygen atoms in total. The molecular formula is C14H20Cl2N2O2S. The van der Waals surface area contributed by atoms with E-state index in [1.54, 1.807) is 6.07 Å². The monoisotopic (exact) mass is 350 g/mol. The van der Waals surface area contributed by atoms with Crippen molar-refractivity contribution >= 4 is 33.2 Å². The van der Waals surface area contributed by atoms with Crippen LogP contribution in [0, 0.1) is 5.92 Å². The molecule has 0 saturated heterocycles. The van der Waals surface area contributed by atoms with Crippen molar-refractivity contribution < 1.29 is 8.42 Å². The lowest BCUT2D eigenvalue weighted by molar-refractivity contribution is 0.575. The molecule has 0 heterocycles. The average molecular weight is 351 g/mol. The van der Waals surface area contributed by atoms with E-state index in [2.05, 4.69) is 10.0 Å². The molecular weight excluding hydrogens is 331 g/mol. The van der Waals surface area contributed by atoms with Gasteiger partial charge in [-0.1, -0.05) is 43.0 Å². The van der Waals surface area contributed by atoms with Crippen LogP contribution in [0.5, 0.6) is 0 Å². The van der Waals surface area contributed by atoms with Crippen LogP contribution in [0.2, 0.25) is 10.0 Å². The zero-order chi connectivity index (χ0) is 15.5. The van der Waals surface area contributed by atoms with Gasteiger partial charge in [-0.05, 0) is 36.6 Å². The highest BCUT2D eigenvalue weighted by Crippen LogP contribution is 2.32. The SMILES string of the molecule is CCNCc1cc(S(=O)(=O)NCCC2CC2)c(Cl)cc1Cl. The molecule has 0 bridgehead atoms. The molecule has 21 heavy (non-hydrogen) atoms. The van der Waals surface area contributed by atoms with Crippen LogP contribution in [-0.2, 0) is 16.6 Å². The van der Waals surface area contributed by atoms with E-state index in [-0.39, 0.29) is 9.92 Å². The first kappa shape index (κ1) is 17.0. The number of benzene rings is 1. The third-order valence-electron chi connectivity index (χ3n) is 3.50. The Morgan fingerprint density at radius 1 is 1.24 bits per heavy atom. The van der Waals surface area contributed by atoms with Crippen LogP contribution in [0.1, 0.15) is 31.7 Å². The molecule has 2 N–H and O–H groups in total. The number of halogens is 2. The number of sulfonamides is 1.